The molecule has 0 bridgehead atoms. The number of fused-ring (bicyclic) bond motifs is 1. The minimum Gasteiger partial charge on any atom is -0.357 e. The summed E-state index contributed by atoms with van der Waals surface area (Å²) in [5.41, 5.74) is 2.80. The molecule has 0 spiro atoms. The molecule has 4 aromatic heterocycles. The van der Waals surface area contributed by atoms with Crippen molar-refractivity contribution in [2.75, 3.05) is 48.9 Å². The Morgan fingerprint density at radius 1 is 0.884 bits per heavy atom. The first-order chi connectivity index (χ1) is 20.8. The molecule has 0 amide bonds. The van der Waals surface area contributed by atoms with E-state index in [1.807, 2.05) is 24.5 Å². The molecule has 1 saturated carbocycles. The van der Waals surface area contributed by atoms with E-state index in [0.717, 1.165) is 60.2 Å². The van der Waals surface area contributed by atoms with Crippen molar-refractivity contribution >= 4 is 44.0 Å². The van der Waals surface area contributed by atoms with Crippen LogP contribution in [-0.4, -0.2) is 78.3 Å². The third kappa shape index (κ3) is 6.38. The zero-order valence-corrected chi connectivity index (χ0v) is 26.1. The lowest BCUT2D eigenvalue weighted by Crippen LogP contribution is -2.47. The van der Waals surface area contributed by atoms with Crippen LogP contribution in [0.3, 0.4) is 0 Å². The fourth-order valence-electron chi connectivity index (χ4n) is 6.43. The van der Waals surface area contributed by atoms with Crippen LogP contribution in [0.4, 0.5) is 23.3 Å². The third-order valence-corrected chi connectivity index (χ3v) is 9.58. The van der Waals surface area contributed by atoms with Gasteiger partial charge >= 0.3 is 0 Å². The molecule has 7 rings (SSSR count). The van der Waals surface area contributed by atoms with E-state index in [4.69, 9.17) is 15.0 Å². The van der Waals surface area contributed by atoms with Gasteiger partial charge in [0.1, 0.15) is 11.6 Å². The Kier molecular flexibility index (Phi) is 7.54. The molecule has 3 aliphatic rings. The molecule has 0 aromatic carbocycles. The van der Waals surface area contributed by atoms with Crippen LogP contribution in [-0.2, 0) is 9.73 Å². The zero-order valence-electron chi connectivity index (χ0n) is 25.3. The summed E-state index contributed by atoms with van der Waals surface area (Å²) in [5.74, 6) is 4.05. The summed E-state index contributed by atoms with van der Waals surface area (Å²) in [6.45, 7) is 6.99. The number of pyridine rings is 2. The lowest BCUT2D eigenvalue weighted by Gasteiger charge is -2.41. The van der Waals surface area contributed by atoms with Crippen molar-refractivity contribution in [2.24, 2.45) is 10.3 Å². The van der Waals surface area contributed by atoms with Crippen LogP contribution in [0.1, 0.15) is 57.1 Å². The lowest BCUT2D eigenvalue weighted by atomic mass is 9.95. The highest BCUT2D eigenvalue weighted by atomic mass is 32.2. The SMILES string of the molecule is CC1CCN(C2CCN(c3ccc(Nc4ncc5cc(C6CC6)n(-c6cccc(N=S(C)(C)=O)n6)c5n4)cn3)CC2)CC1. The molecular formula is C32H41N9OS. The minimum atomic E-state index is -2.32. The Balaban J connectivity index is 1.08. The van der Waals surface area contributed by atoms with Gasteiger partial charge in [-0.1, -0.05) is 13.0 Å². The molecule has 0 unspecified atom stereocenters. The van der Waals surface area contributed by atoms with Gasteiger partial charge in [-0.05, 0) is 93.8 Å². The summed E-state index contributed by atoms with van der Waals surface area (Å²) in [7, 11) is -2.32. The number of rotatable bonds is 7. The minimum absolute atomic E-state index is 0.458. The monoisotopic (exact) mass is 599 g/mol. The van der Waals surface area contributed by atoms with Gasteiger partial charge in [-0.25, -0.2) is 19.2 Å². The van der Waals surface area contributed by atoms with Crippen LogP contribution in [0.15, 0.2) is 53.2 Å². The first kappa shape index (κ1) is 28.2. The van der Waals surface area contributed by atoms with E-state index >= 15 is 0 Å². The maximum Gasteiger partial charge on any atom is 0.229 e. The molecule has 1 N–H and O–H groups in total. The van der Waals surface area contributed by atoms with Crippen molar-refractivity contribution in [3.8, 4) is 5.82 Å². The van der Waals surface area contributed by atoms with Crippen LogP contribution in [0.2, 0.25) is 0 Å². The molecule has 226 valence electrons. The number of likely N-dealkylation sites (tertiary alicyclic amines) is 1. The molecule has 1 aliphatic carbocycles. The topological polar surface area (TPSA) is 104 Å². The largest absolute Gasteiger partial charge is 0.357 e. The average Bonchev–Trinajstić information content (AvgIpc) is 3.77. The summed E-state index contributed by atoms with van der Waals surface area (Å²) < 4.78 is 18.7. The molecule has 2 aliphatic heterocycles. The van der Waals surface area contributed by atoms with E-state index in [1.54, 1.807) is 18.6 Å². The van der Waals surface area contributed by atoms with Gasteiger partial charge in [0.15, 0.2) is 11.5 Å². The Morgan fingerprint density at radius 2 is 1.67 bits per heavy atom. The highest BCUT2D eigenvalue weighted by Crippen LogP contribution is 2.43. The van der Waals surface area contributed by atoms with E-state index in [9.17, 15) is 4.21 Å². The van der Waals surface area contributed by atoms with E-state index < -0.39 is 9.73 Å². The normalized spacial score (nSPS) is 19.2. The maximum absolute atomic E-state index is 12.3. The summed E-state index contributed by atoms with van der Waals surface area (Å²) in [6.07, 6.45) is 14.3. The molecule has 10 nitrogen and oxygen atoms in total. The average molecular weight is 600 g/mol. The number of aromatic nitrogens is 5. The van der Waals surface area contributed by atoms with Crippen molar-refractivity contribution in [1.82, 2.24) is 29.4 Å². The van der Waals surface area contributed by atoms with Gasteiger partial charge < -0.3 is 15.1 Å². The zero-order chi connectivity index (χ0) is 29.6. The second-order valence-corrected chi connectivity index (χ2v) is 15.3. The number of nitrogens with zero attached hydrogens (tertiary/aromatic N) is 8. The second-order valence-electron chi connectivity index (χ2n) is 12.7. The Bertz CT molecular complexity index is 1720. The van der Waals surface area contributed by atoms with Gasteiger partial charge in [-0.15, -0.1) is 0 Å². The summed E-state index contributed by atoms with van der Waals surface area (Å²) in [5, 5.41) is 4.32. The maximum atomic E-state index is 12.3. The molecule has 2 saturated heterocycles. The van der Waals surface area contributed by atoms with Crippen molar-refractivity contribution in [3.63, 3.8) is 0 Å². The molecule has 3 fully saturated rings. The third-order valence-electron chi connectivity index (χ3n) is 8.95. The number of piperidine rings is 2. The Labute approximate surface area is 254 Å². The molecule has 6 heterocycles. The van der Waals surface area contributed by atoms with E-state index in [-0.39, 0.29) is 0 Å². The van der Waals surface area contributed by atoms with Crippen LogP contribution >= 0.6 is 0 Å². The lowest BCUT2D eigenvalue weighted by molar-refractivity contribution is 0.120. The molecule has 4 aromatic rings. The van der Waals surface area contributed by atoms with Crippen molar-refractivity contribution in [3.05, 3.63) is 54.5 Å². The second kappa shape index (κ2) is 11.5. The quantitative estimate of drug-likeness (QED) is 0.280. The molecule has 0 atom stereocenters. The van der Waals surface area contributed by atoms with Crippen LogP contribution < -0.4 is 10.2 Å². The van der Waals surface area contributed by atoms with Gasteiger partial charge in [0.2, 0.25) is 5.95 Å². The van der Waals surface area contributed by atoms with Crippen molar-refractivity contribution < 1.29 is 4.21 Å². The molecule has 43 heavy (non-hydrogen) atoms. The van der Waals surface area contributed by atoms with Gasteiger partial charge in [0.05, 0.1) is 11.9 Å². The van der Waals surface area contributed by atoms with Crippen LogP contribution in [0, 0.1) is 5.92 Å². The standard InChI is InChI=1S/C32H41N9OS/c1-22-11-15-39(16-12-22)26-13-17-40(18-14-26)29-10-9-25(21-33-29)35-32-34-20-24-19-27(23-7-8-23)41(31(24)37-32)30-6-4-5-28(36-30)38-43(2,3)42/h4-6,9-10,19-23,26H,7-8,11-18H2,1-3H3,(H,34,35,37). The summed E-state index contributed by atoms with van der Waals surface area (Å²) >= 11 is 0. The van der Waals surface area contributed by atoms with Crippen molar-refractivity contribution in [1.29, 1.82) is 0 Å². The predicted molar refractivity (Wildman–Crippen MR) is 173 cm³/mol. The number of anilines is 3. The smallest absolute Gasteiger partial charge is 0.229 e. The highest BCUT2D eigenvalue weighted by Gasteiger charge is 2.30. The number of hydrogen-bond donors (Lipinski definition) is 1. The fourth-order valence-corrected chi connectivity index (χ4v) is 6.98. The Morgan fingerprint density at radius 3 is 2.37 bits per heavy atom. The Hall–Kier alpha value is -3.57. The first-order valence-corrected chi connectivity index (χ1v) is 17.9. The fraction of sp³-hybridized carbons (Fsp3) is 0.500. The summed E-state index contributed by atoms with van der Waals surface area (Å²) in [6, 6.07) is 12.7. The molecular weight excluding hydrogens is 558 g/mol. The first-order valence-electron chi connectivity index (χ1n) is 15.5. The van der Waals surface area contributed by atoms with Crippen LogP contribution in [0.25, 0.3) is 16.9 Å². The summed E-state index contributed by atoms with van der Waals surface area (Å²) in [4.78, 5) is 24.2. The van der Waals surface area contributed by atoms with Gasteiger partial charge in [0.25, 0.3) is 0 Å². The van der Waals surface area contributed by atoms with Crippen molar-refractivity contribution in [2.45, 2.75) is 57.4 Å². The molecule has 11 heteroatoms. The number of nitrogens with one attached hydrogen (secondary N) is 1. The predicted octanol–water partition coefficient (Wildman–Crippen LogP) is 5.89. The van der Waals surface area contributed by atoms with Crippen LogP contribution in [0.5, 0.6) is 0 Å². The van der Waals surface area contributed by atoms with Gasteiger partial charge in [-0.3, -0.25) is 4.57 Å². The van der Waals surface area contributed by atoms with Gasteiger partial charge in [-0.2, -0.15) is 9.35 Å². The van der Waals surface area contributed by atoms with E-state index in [1.165, 1.54) is 44.5 Å². The highest BCUT2D eigenvalue weighted by molar-refractivity contribution is 7.92. The van der Waals surface area contributed by atoms with E-state index in [2.05, 4.69) is 54.2 Å². The van der Waals surface area contributed by atoms with E-state index in [0.29, 0.717) is 23.7 Å². The molecule has 0 radical (unpaired) electrons. The van der Waals surface area contributed by atoms with Gasteiger partial charge in [0, 0.05) is 58.6 Å². The number of hydrogen-bond acceptors (Lipinski definition) is 9.